The first-order chi connectivity index (χ1) is 7.68. The summed E-state index contributed by atoms with van der Waals surface area (Å²) in [5, 5.41) is 3.25. The highest BCUT2D eigenvalue weighted by molar-refractivity contribution is 9.10. The van der Waals surface area contributed by atoms with Gasteiger partial charge in [0.2, 0.25) is 0 Å². The van der Waals surface area contributed by atoms with Gasteiger partial charge < -0.3 is 11.1 Å². The van der Waals surface area contributed by atoms with E-state index in [1.54, 1.807) is 6.07 Å². The van der Waals surface area contributed by atoms with Crippen LogP contribution in [0.5, 0.6) is 0 Å². The van der Waals surface area contributed by atoms with Crippen molar-refractivity contribution in [2.45, 2.75) is 12.8 Å². The third kappa shape index (κ3) is 2.44. The number of nitrogens with one attached hydrogen (secondary N) is 1. The maximum atomic E-state index is 12.2. The van der Waals surface area contributed by atoms with Gasteiger partial charge in [-0.25, -0.2) is 0 Å². The molecule has 0 saturated carbocycles. The number of halogens is 1. The van der Waals surface area contributed by atoms with E-state index in [9.17, 15) is 4.79 Å². The number of Topliss-reactive ketones (excluding diaryl/α,β-unsaturated/α-hetero) is 1. The number of carbonyl (C=O) groups excluding carboxylic acids is 1. The fourth-order valence-electron chi connectivity index (χ4n) is 2.04. The molecule has 86 valence electrons. The maximum Gasteiger partial charge on any atom is 0.169 e. The van der Waals surface area contributed by atoms with Gasteiger partial charge in [-0.2, -0.15) is 0 Å². The lowest BCUT2D eigenvalue weighted by Gasteiger charge is -2.22. The van der Waals surface area contributed by atoms with Crippen LogP contribution in [0.4, 0.5) is 5.69 Å². The van der Waals surface area contributed by atoms with Crippen LogP contribution >= 0.6 is 15.9 Å². The Morgan fingerprint density at radius 1 is 1.50 bits per heavy atom. The molecule has 16 heavy (non-hydrogen) atoms. The molecule has 3 N–H and O–H groups in total. The third-order valence-corrected chi connectivity index (χ3v) is 3.44. The Morgan fingerprint density at radius 2 is 2.31 bits per heavy atom. The Morgan fingerprint density at radius 3 is 3.00 bits per heavy atom. The molecule has 2 rings (SSSR count). The van der Waals surface area contributed by atoms with Gasteiger partial charge in [-0.1, -0.05) is 15.9 Å². The molecule has 1 aliphatic rings. The molecule has 1 fully saturated rings. The lowest BCUT2D eigenvalue weighted by atomic mass is 9.90. The van der Waals surface area contributed by atoms with E-state index < -0.39 is 0 Å². The van der Waals surface area contributed by atoms with Crippen molar-refractivity contribution in [2.75, 3.05) is 18.8 Å². The van der Waals surface area contributed by atoms with Crippen molar-refractivity contribution in [1.82, 2.24) is 5.32 Å². The summed E-state index contributed by atoms with van der Waals surface area (Å²) in [6.45, 7) is 1.78. The van der Waals surface area contributed by atoms with Gasteiger partial charge in [-0.15, -0.1) is 0 Å². The van der Waals surface area contributed by atoms with Crippen LogP contribution in [0.2, 0.25) is 0 Å². The Kier molecular flexibility index (Phi) is 3.61. The summed E-state index contributed by atoms with van der Waals surface area (Å²) >= 11 is 3.37. The van der Waals surface area contributed by atoms with Gasteiger partial charge >= 0.3 is 0 Å². The zero-order valence-corrected chi connectivity index (χ0v) is 10.6. The first kappa shape index (κ1) is 11.6. The number of rotatable bonds is 2. The molecule has 0 spiro atoms. The fourth-order valence-corrected chi connectivity index (χ4v) is 2.40. The van der Waals surface area contributed by atoms with Crippen molar-refractivity contribution in [1.29, 1.82) is 0 Å². The molecule has 1 aromatic rings. The molecule has 3 nitrogen and oxygen atoms in total. The van der Waals surface area contributed by atoms with Crippen LogP contribution < -0.4 is 11.1 Å². The molecule has 1 atom stereocenters. The predicted octanol–water partition coefficient (Wildman–Crippen LogP) is 2.21. The Hall–Kier alpha value is -0.870. The van der Waals surface area contributed by atoms with Crippen LogP contribution in [0.1, 0.15) is 23.2 Å². The number of carbonyl (C=O) groups is 1. The average molecular weight is 283 g/mol. The largest absolute Gasteiger partial charge is 0.398 e. The van der Waals surface area contributed by atoms with Gasteiger partial charge in [-0.05, 0) is 37.6 Å². The molecular formula is C12H15BrN2O. The van der Waals surface area contributed by atoms with E-state index in [0.717, 1.165) is 30.4 Å². The summed E-state index contributed by atoms with van der Waals surface area (Å²) in [6.07, 6.45) is 2.02. The van der Waals surface area contributed by atoms with Crippen molar-refractivity contribution >= 4 is 27.4 Å². The number of anilines is 1. The molecule has 0 aliphatic carbocycles. The number of hydrogen-bond acceptors (Lipinski definition) is 3. The van der Waals surface area contributed by atoms with Crippen LogP contribution in [0.25, 0.3) is 0 Å². The second-order valence-electron chi connectivity index (χ2n) is 4.14. The minimum absolute atomic E-state index is 0.0744. The van der Waals surface area contributed by atoms with Gasteiger partial charge in [0.1, 0.15) is 0 Å². The predicted molar refractivity (Wildman–Crippen MR) is 68.5 cm³/mol. The zero-order valence-electron chi connectivity index (χ0n) is 9.00. The lowest BCUT2D eigenvalue weighted by molar-refractivity contribution is 0.0900. The molecule has 1 aliphatic heterocycles. The van der Waals surface area contributed by atoms with Crippen LogP contribution in [0, 0.1) is 5.92 Å². The van der Waals surface area contributed by atoms with Gasteiger partial charge in [0.05, 0.1) is 0 Å². The van der Waals surface area contributed by atoms with E-state index in [2.05, 4.69) is 21.2 Å². The number of benzene rings is 1. The lowest BCUT2D eigenvalue weighted by Crippen LogP contribution is -2.34. The van der Waals surface area contributed by atoms with Gasteiger partial charge in [0, 0.05) is 28.2 Å². The maximum absolute atomic E-state index is 12.2. The topological polar surface area (TPSA) is 55.1 Å². The van der Waals surface area contributed by atoms with E-state index in [1.807, 2.05) is 12.1 Å². The fraction of sp³-hybridized carbons (Fsp3) is 0.417. The van der Waals surface area contributed by atoms with Gasteiger partial charge in [0.25, 0.3) is 0 Å². The molecule has 1 aromatic carbocycles. The van der Waals surface area contributed by atoms with E-state index in [0.29, 0.717) is 11.3 Å². The Labute approximate surface area is 104 Å². The van der Waals surface area contributed by atoms with E-state index in [-0.39, 0.29) is 11.7 Å². The summed E-state index contributed by atoms with van der Waals surface area (Å²) in [5.74, 6) is 0.233. The molecule has 0 aromatic heterocycles. The van der Waals surface area contributed by atoms with Crippen molar-refractivity contribution < 1.29 is 4.79 Å². The SMILES string of the molecule is Nc1ccc(Br)cc1C(=O)C1CCCNC1. The average Bonchev–Trinajstić information content (AvgIpc) is 2.32. The van der Waals surface area contributed by atoms with Crippen LogP contribution in [0.15, 0.2) is 22.7 Å². The van der Waals surface area contributed by atoms with Crippen LogP contribution in [0.3, 0.4) is 0 Å². The molecule has 4 heteroatoms. The van der Waals surface area contributed by atoms with Crippen molar-refractivity contribution in [3.05, 3.63) is 28.2 Å². The molecule has 0 radical (unpaired) electrons. The highest BCUT2D eigenvalue weighted by atomic mass is 79.9. The molecule has 1 heterocycles. The Balaban J connectivity index is 2.22. The minimum Gasteiger partial charge on any atom is -0.398 e. The number of piperidine rings is 1. The second-order valence-corrected chi connectivity index (χ2v) is 5.05. The summed E-state index contributed by atoms with van der Waals surface area (Å²) < 4.78 is 0.897. The summed E-state index contributed by atoms with van der Waals surface area (Å²) in [5.41, 5.74) is 7.04. The first-order valence-electron chi connectivity index (χ1n) is 5.48. The Bertz CT molecular complexity index is 400. The first-order valence-corrected chi connectivity index (χ1v) is 6.28. The third-order valence-electron chi connectivity index (χ3n) is 2.95. The summed E-state index contributed by atoms with van der Waals surface area (Å²) in [7, 11) is 0. The summed E-state index contributed by atoms with van der Waals surface area (Å²) in [6, 6.07) is 5.44. The number of ketones is 1. The highest BCUT2D eigenvalue weighted by Gasteiger charge is 2.23. The van der Waals surface area contributed by atoms with Gasteiger partial charge in [0.15, 0.2) is 5.78 Å². The second kappa shape index (κ2) is 4.97. The number of nitrogen functional groups attached to an aromatic ring is 1. The number of hydrogen-bond donors (Lipinski definition) is 2. The van der Waals surface area contributed by atoms with E-state index >= 15 is 0 Å². The monoisotopic (exact) mass is 282 g/mol. The zero-order chi connectivity index (χ0) is 11.5. The van der Waals surface area contributed by atoms with Crippen molar-refractivity contribution in [2.24, 2.45) is 5.92 Å². The van der Waals surface area contributed by atoms with Crippen molar-refractivity contribution in [3.63, 3.8) is 0 Å². The molecule has 0 amide bonds. The van der Waals surface area contributed by atoms with Gasteiger partial charge in [-0.3, -0.25) is 4.79 Å². The smallest absolute Gasteiger partial charge is 0.169 e. The molecule has 1 saturated heterocycles. The van der Waals surface area contributed by atoms with Crippen LogP contribution in [-0.2, 0) is 0 Å². The van der Waals surface area contributed by atoms with E-state index in [4.69, 9.17) is 5.73 Å². The normalized spacial score (nSPS) is 20.7. The number of nitrogens with two attached hydrogens (primary N) is 1. The van der Waals surface area contributed by atoms with Crippen molar-refractivity contribution in [3.8, 4) is 0 Å². The standard InChI is InChI=1S/C12H15BrN2O/c13-9-3-4-11(14)10(6-9)12(16)8-2-1-5-15-7-8/h3-4,6,8,15H,1-2,5,7,14H2. The quantitative estimate of drug-likeness (QED) is 0.646. The molecule has 1 unspecified atom stereocenters. The summed E-state index contributed by atoms with van der Waals surface area (Å²) in [4.78, 5) is 12.2. The molecule has 0 bridgehead atoms. The van der Waals surface area contributed by atoms with Crippen LogP contribution in [-0.4, -0.2) is 18.9 Å². The molecular weight excluding hydrogens is 268 g/mol. The highest BCUT2D eigenvalue weighted by Crippen LogP contribution is 2.23. The minimum atomic E-state index is 0.0744. The van der Waals surface area contributed by atoms with E-state index in [1.165, 1.54) is 0 Å².